The van der Waals surface area contributed by atoms with Crippen molar-refractivity contribution in [3.05, 3.63) is 114 Å². The molecule has 0 aliphatic rings. The summed E-state index contributed by atoms with van der Waals surface area (Å²) < 4.78 is 15.3. The second-order valence-electron chi connectivity index (χ2n) is 7.38. The highest BCUT2D eigenvalue weighted by molar-refractivity contribution is 5.82. The molecule has 0 saturated heterocycles. The zero-order valence-corrected chi connectivity index (χ0v) is 16.6. The van der Waals surface area contributed by atoms with Crippen molar-refractivity contribution >= 4 is 5.65 Å². The molecule has 0 radical (unpaired) electrons. The van der Waals surface area contributed by atoms with Gasteiger partial charge < -0.3 is 0 Å². The molecule has 0 aliphatic heterocycles. The maximum Gasteiger partial charge on any atom is 0.164 e. The quantitative estimate of drug-likeness (QED) is 0.369. The van der Waals surface area contributed by atoms with Crippen LogP contribution in [0.3, 0.4) is 0 Å². The molecule has 3 aromatic carbocycles. The summed E-state index contributed by atoms with van der Waals surface area (Å²) in [6.07, 6.45) is 0.598. The van der Waals surface area contributed by atoms with Crippen LogP contribution in [0.4, 0.5) is 4.39 Å². The lowest BCUT2D eigenvalue weighted by atomic mass is 10.0. The van der Waals surface area contributed by atoms with Crippen LogP contribution in [0.25, 0.3) is 28.0 Å². The average molecular weight is 393 g/mol. The smallest absolute Gasteiger partial charge is 0.164 e. The van der Waals surface area contributed by atoms with Crippen LogP contribution >= 0.6 is 0 Å². The summed E-state index contributed by atoms with van der Waals surface area (Å²) in [5.41, 5.74) is 7.87. The van der Waals surface area contributed by atoms with Crippen molar-refractivity contribution in [3.63, 3.8) is 0 Å². The molecule has 0 N–H and O–H groups in total. The predicted octanol–water partition coefficient (Wildman–Crippen LogP) is 6.10. The number of aromatic nitrogens is 3. The van der Waals surface area contributed by atoms with Crippen LogP contribution in [0.15, 0.2) is 91.0 Å². The van der Waals surface area contributed by atoms with Crippen LogP contribution in [-0.4, -0.2) is 14.6 Å². The molecule has 146 valence electrons. The molecule has 0 atom stereocenters. The molecular formula is C26H20FN3. The van der Waals surface area contributed by atoms with Crippen molar-refractivity contribution in [2.24, 2.45) is 0 Å². The summed E-state index contributed by atoms with van der Waals surface area (Å²) in [7, 11) is 0. The van der Waals surface area contributed by atoms with E-state index in [2.05, 4.69) is 30.3 Å². The van der Waals surface area contributed by atoms with Gasteiger partial charge in [0.15, 0.2) is 5.65 Å². The molecule has 0 spiro atoms. The van der Waals surface area contributed by atoms with Gasteiger partial charge in [0.1, 0.15) is 5.82 Å². The number of aryl methyl sites for hydroxylation is 1. The van der Waals surface area contributed by atoms with Crippen molar-refractivity contribution in [1.29, 1.82) is 0 Å². The van der Waals surface area contributed by atoms with E-state index in [-0.39, 0.29) is 5.82 Å². The van der Waals surface area contributed by atoms with E-state index in [4.69, 9.17) is 10.1 Å². The van der Waals surface area contributed by atoms with Gasteiger partial charge in [-0.05, 0) is 36.2 Å². The summed E-state index contributed by atoms with van der Waals surface area (Å²) >= 11 is 0. The maximum atomic E-state index is 13.4. The summed E-state index contributed by atoms with van der Waals surface area (Å²) in [5.74, 6) is -0.235. The number of rotatable bonds is 4. The van der Waals surface area contributed by atoms with Gasteiger partial charge in [-0.15, -0.1) is 0 Å². The first-order valence-electron chi connectivity index (χ1n) is 9.93. The largest absolute Gasteiger partial charge is 0.233 e. The lowest BCUT2D eigenvalue weighted by molar-refractivity contribution is 0.627. The Morgan fingerprint density at radius 1 is 0.800 bits per heavy atom. The first kappa shape index (κ1) is 18.3. The molecule has 0 aliphatic carbocycles. The topological polar surface area (TPSA) is 30.2 Å². The highest BCUT2D eigenvalue weighted by atomic mass is 19.1. The minimum absolute atomic E-state index is 0.235. The highest BCUT2D eigenvalue weighted by Gasteiger charge is 2.19. The highest BCUT2D eigenvalue weighted by Crippen LogP contribution is 2.32. The average Bonchev–Trinajstić information content (AvgIpc) is 3.13. The Balaban J connectivity index is 1.77. The first-order chi connectivity index (χ1) is 14.7. The molecule has 4 heteroatoms. The number of fused-ring (bicyclic) bond motifs is 1. The molecule has 0 bridgehead atoms. The van der Waals surface area contributed by atoms with Gasteiger partial charge in [-0.1, -0.05) is 72.8 Å². The molecule has 5 rings (SSSR count). The Kier molecular flexibility index (Phi) is 4.60. The number of halogens is 1. The molecule has 30 heavy (non-hydrogen) atoms. The summed E-state index contributed by atoms with van der Waals surface area (Å²) in [6, 6.07) is 29.1. The molecule has 0 saturated carbocycles. The Morgan fingerprint density at radius 2 is 1.43 bits per heavy atom. The van der Waals surface area contributed by atoms with Gasteiger partial charge in [0, 0.05) is 17.7 Å². The first-order valence-corrected chi connectivity index (χ1v) is 9.93. The van der Waals surface area contributed by atoms with Gasteiger partial charge in [-0.25, -0.2) is 13.9 Å². The zero-order valence-electron chi connectivity index (χ0n) is 16.6. The van der Waals surface area contributed by atoms with Crippen molar-refractivity contribution in [3.8, 4) is 22.4 Å². The Morgan fingerprint density at radius 3 is 2.10 bits per heavy atom. The molecule has 2 aromatic heterocycles. The molecule has 0 unspecified atom stereocenters. The molecule has 0 fully saturated rings. The SMILES string of the molecule is Cc1cc(-c2ccccc2)n2nc(Cc3ccc(F)cc3)c(-c3ccccc3)c2n1. The number of hydrogen-bond donors (Lipinski definition) is 0. The van der Waals surface area contributed by atoms with Crippen LogP contribution in [0.2, 0.25) is 0 Å². The van der Waals surface area contributed by atoms with Gasteiger partial charge in [0.2, 0.25) is 0 Å². The monoisotopic (exact) mass is 393 g/mol. The van der Waals surface area contributed by atoms with E-state index < -0.39 is 0 Å². The Labute approximate surface area is 174 Å². The third-order valence-corrected chi connectivity index (χ3v) is 5.21. The maximum absolute atomic E-state index is 13.4. The normalized spacial score (nSPS) is 11.1. The van der Waals surface area contributed by atoms with Crippen LogP contribution < -0.4 is 0 Å². The fourth-order valence-corrected chi connectivity index (χ4v) is 3.82. The van der Waals surface area contributed by atoms with E-state index in [1.165, 1.54) is 12.1 Å². The lowest BCUT2D eigenvalue weighted by Crippen LogP contribution is -1.98. The van der Waals surface area contributed by atoms with E-state index >= 15 is 0 Å². The standard InChI is InChI=1S/C26H20FN3/c1-18-16-24(20-8-4-2-5-9-20)30-26(28-18)25(21-10-6-3-7-11-21)23(29-30)17-19-12-14-22(27)15-13-19/h2-16H,17H2,1H3. The summed E-state index contributed by atoms with van der Waals surface area (Å²) in [4.78, 5) is 4.86. The van der Waals surface area contributed by atoms with E-state index in [1.54, 1.807) is 0 Å². The van der Waals surface area contributed by atoms with Crippen LogP contribution in [0.1, 0.15) is 17.0 Å². The van der Waals surface area contributed by atoms with Crippen LogP contribution in [-0.2, 0) is 6.42 Å². The van der Waals surface area contributed by atoms with Crippen molar-refractivity contribution in [1.82, 2.24) is 14.6 Å². The number of hydrogen-bond acceptors (Lipinski definition) is 2. The Hall–Kier alpha value is -3.79. The third-order valence-electron chi connectivity index (χ3n) is 5.21. The minimum Gasteiger partial charge on any atom is -0.233 e. The molecule has 0 amide bonds. The predicted molar refractivity (Wildman–Crippen MR) is 118 cm³/mol. The van der Waals surface area contributed by atoms with Crippen LogP contribution in [0.5, 0.6) is 0 Å². The van der Waals surface area contributed by atoms with Gasteiger partial charge >= 0.3 is 0 Å². The van der Waals surface area contributed by atoms with E-state index in [9.17, 15) is 4.39 Å². The van der Waals surface area contributed by atoms with Crippen molar-refractivity contribution in [2.45, 2.75) is 13.3 Å². The van der Waals surface area contributed by atoms with Crippen LogP contribution in [0, 0.1) is 12.7 Å². The molecule has 5 aromatic rings. The second-order valence-corrected chi connectivity index (χ2v) is 7.38. The Bertz CT molecular complexity index is 1310. The van der Waals surface area contributed by atoms with Gasteiger partial charge in [0.25, 0.3) is 0 Å². The van der Waals surface area contributed by atoms with Crippen molar-refractivity contribution in [2.75, 3.05) is 0 Å². The van der Waals surface area contributed by atoms with E-state index in [0.717, 1.165) is 45.0 Å². The number of nitrogens with zero attached hydrogens (tertiary/aromatic N) is 3. The van der Waals surface area contributed by atoms with Gasteiger partial charge in [-0.3, -0.25) is 0 Å². The number of benzene rings is 3. The molecular weight excluding hydrogens is 373 g/mol. The fraction of sp³-hybridized carbons (Fsp3) is 0.0769. The van der Waals surface area contributed by atoms with Gasteiger partial charge in [-0.2, -0.15) is 5.10 Å². The van der Waals surface area contributed by atoms with Crippen molar-refractivity contribution < 1.29 is 4.39 Å². The third kappa shape index (κ3) is 3.37. The van der Waals surface area contributed by atoms with E-state index in [0.29, 0.717) is 6.42 Å². The second kappa shape index (κ2) is 7.56. The zero-order chi connectivity index (χ0) is 20.5. The fourth-order valence-electron chi connectivity index (χ4n) is 3.82. The summed E-state index contributed by atoms with van der Waals surface area (Å²) in [5, 5.41) is 4.98. The summed E-state index contributed by atoms with van der Waals surface area (Å²) in [6.45, 7) is 2.01. The van der Waals surface area contributed by atoms with Gasteiger partial charge in [0.05, 0.1) is 17.0 Å². The molecule has 3 nitrogen and oxygen atoms in total. The van der Waals surface area contributed by atoms with E-state index in [1.807, 2.05) is 60.0 Å². The lowest BCUT2D eigenvalue weighted by Gasteiger charge is -2.07. The minimum atomic E-state index is -0.235. The molecule has 2 heterocycles.